The first-order valence-electron chi connectivity index (χ1n) is 6.68. The van der Waals surface area contributed by atoms with Gasteiger partial charge in [0, 0.05) is 19.8 Å². The number of hydrogen-bond donors (Lipinski definition) is 2. The number of benzene rings is 1. The monoisotopic (exact) mass is 269 g/mol. The number of pyridine rings is 1. The second-order valence-electron chi connectivity index (χ2n) is 4.58. The molecule has 1 amide bonds. The minimum Gasteiger partial charge on any atom is -0.372 e. The van der Waals surface area contributed by atoms with E-state index in [4.69, 9.17) is 0 Å². The average Bonchev–Trinajstić information content (AvgIpc) is 2.49. The zero-order valence-electron chi connectivity index (χ0n) is 11.8. The molecule has 0 saturated heterocycles. The fraction of sp³-hybridized carbons (Fsp3) is 0.250. The largest absolute Gasteiger partial charge is 0.372 e. The number of carbonyl (C=O) groups is 1. The maximum atomic E-state index is 12.1. The third-order valence-electron chi connectivity index (χ3n) is 3.23. The van der Waals surface area contributed by atoms with Gasteiger partial charge in [-0.1, -0.05) is 24.3 Å². The van der Waals surface area contributed by atoms with Gasteiger partial charge < -0.3 is 10.6 Å². The summed E-state index contributed by atoms with van der Waals surface area (Å²) >= 11 is 0. The van der Waals surface area contributed by atoms with E-state index in [1.807, 2.05) is 12.1 Å². The molecule has 1 aromatic heterocycles. The van der Waals surface area contributed by atoms with Crippen molar-refractivity contribution < 1.29 is 4.79 Å². The average molecular weight is 269 g/mol. The van der Waals surface area contributed by atoms with Crippen molar-refractivity contribution in [2.45, 2.75) is 13.3 Å². The minimum absolute atomic E-state index is 0.101. The van der Waals surface area contributed by atoms with Crippen molar-refractivity contribution >= 4 is 11.7 Å². The second kappa shape index (κ2) is 6.70. The van der Waals surface area contributed by atoms with E-state index in [2.05, 4.69) is 34.7 Å². The highest BCUT2D eigenvalue weighted by molar-refractivity contribution is 5.98. The third-order valence-corrected chi connectivity index (χ3v) is 3.23. The van der Waals surface area contributed by atoms with Crippen LogP contribution in [0.2, 0.25) is 0 Å². The third kappa shape index (κ3) is 3.35. The zero-order valence-corrected chi connectivity index (χ0v) is 11.8. The first kappa shape index (κ1) is 14.1. The summed E-state index contributed by atoms with van der Waals surface area (Å²) in [6.07, 6.45) is 2.49. The summed E-state index contributed by atoms with van der Waals surface area (Å²) in [6.45, 7) is 2.69. The van der Waals surface area contributed by atoms with E-state index < -0.39 is 0 Å². The zero-order chi connectivity index (χ0) is 14.4. The van der Waals surface area contributed by atoms with Crippen molar-refractivity contribution in [1.29, 1.82) is 0 Å². The van der Waals surface area contributed by atoms with Gasteiger partial charge in [-0.25, -0.2) is 4.98 Å². The van der Waals surface area contributed by atoms with Crippen molar-refractivity contribution in [2.24, 2.45) is 0 Å². The van der Waals surface area contributed by atoms with Gasteiger partial charge in [-0.15, -0.1) is 0 Å². The Morgan fingerprint density at radius 2 is 2.00 bits per heavy atom. The van der Waals surface area contributed by atoms with Gasteiger partial charge in [0.25, 0.3) is 5.91 Å². The molecule has 2 N–H and O–H groups in total. The normalized spacial score (nSPS) is 10.1. The van der Waals surface area contributed by atoms with Crippen LogP contribution in [0, 0.1) is 6.92 Å². The van der Waals surface area contributed by atoms with Gasteiger partial charge >= 0.3 is 0 Å². The van der Waals surface area contributed by atoms with Crippen LogP contribution < -0.4 is 10.6 Å². The van der Waals surface area contributed by atoms with Crippen LogP contribution in [0.3, 0.4) is 0 Å². The number of nitrogens with zero attached hydrogens (tertiary/aromatic N) is 1. The lowest BCUT2D eigenvalue weighted by atomic mass is 10.1. The van der Waals surface area contributed by atoms with Gasteiger partial charge in [0.1, 0.15) is 5.82 Å². The van der Waals surface area contributed by atoms with Crippen molar-refractivity contribution in [1.82, 2.24) is 10.3 Å². The molecule has 0 atom stereocenters. The first-order chi connectivity index (χ1) is 9.72. The molecule has 0 spiro atoms. The van der Waals surface area contributed by atoms with Crippen LogP contribution in [0.4, 0.5) is 5.82 Å². The van der Waals surface area contributed by atoms with Gasteiger partial charge in [0.15, 0.2) is 0 Å². The molecule has 1 aromatic carbocycles. The van der Waals surface area contributed by atoms with Crippen molar-refractivity contribution in [3.8, 4) is 0 Å². The predicted octanol–water partition coefficient (Wildman–Crippen LogP) is 2.40. The van der Waals surface area contributed by atoms with Gasteiger partial charge in [-0.3, -0.25) is 4.79 Å². The van der Waals surface area contributed by atoms with Crippen LogP contribution in [0.1, 0.15) is 21.5 Å². The lowest BCUT2D eigenvalue weighted by molar-refractivity contribution is 0.0954. The Hall–Kier alpha value is -2.36. The van der Waals surface area contributed by atoms with Crippen LogP contribution >= 0.6 is 0 Å². The van der Waals surface area contributed by atoms with E-state index in [1.54, 1.807) is 25.4 Å². The molecule has 0 aliphatic heterocycles. The molecule has 4 heteroatoms. The van der Waals surface area contributed by atoms with E-state index in [-0.39, 0.29) is 5.91 Å². The van der Waals surface area contributed by atoms with Gasteiger partial charge in [-0.2, -0.15) is 0 Å². The molecule has 0 fully saturated rings. The summed E-state index contributed by atoms with van der Waals surface area (Å²) in [7, 11) is 1.76. The van der Waals surface area contributed by atoms with Gasteiger partial charge in [-0.05, 0) is 36.6 Å². The number of aryl methyl sites for hydroxylation is 1. The summed E-state index contributed by atoms with van der Waals surface area (Å²) < 4.78 is 0. The molecule has 1 heterocycles. The van der Waals surface area contributed by atoms with Gasteiger partial charge in [0.2, 0.25) is 0 Å². The lowest BCUT2D eigenvalue weighted by Crippen LogP contribution is -2.26. The Kier molecular flexibility index (Phi) is 4.71. The summed E-state index contributed by atoms with van der Waals surface area (Å²) in [5, 5.41) is 5.85. The van der Waals surface area contributed by atoms with E-state index in [0.717, 1.165) is 6.42 Å². The topological polar surface area (TPSA) is 54.0 Å². The molecule has 104 valence electrons. The lowest BCUT2D eigenvalue weighted by Gasteiger charge is -2.09. The van der Waals surface area contributed by atoms with E-state index in [0.29, 0.717) is 17.9 Å². The predicted molar refractivity (Wildman–Crippen MR) is 81.0 cm³/mol. The summed E-state index contributed by atoms with van der Waals surface area (Å²) in [5.41, 5.74) is 3.08. The molecule has 0 radical (unpaired) electrons. The quantitative estimate of drug-likeness (QED) is 0.876. The highest BCUT2D eigenvalue weighted by Gasteiger charge is 2.10. The maximum absolute atomic E-state index is 12.1. The fourth-order valence-electron chi connectivity index (χ4n) is 2.08. The number of anilines is 1. The van der Waals surface area contributed by atoms with Crippen molar-refractivity contribution in [3.05, 3.63) is 59.3 Å². The SMILES string of the molecule is CNc1ncccc1C(=O)NCCc1ccccc1C. The molecule has 0 aliphatic carbocycles. The fourth-order valence-corrected chi connectivity index (χ4v) is 2.08. The first-order valence-corrected chi connectivity index (χ1v) is 6.68. The highest BCUT2D eigenvalue weighted by Crippen LogP contribution is 2.10. The molecular formula is C16H19N3O. The van der Waals surface area contributed by atoms with Crippen LogP contribution in [0.25, 0.3) is 0 Å². The molecule has 20 heavy (non-hydrogen) atoms. The maximum Gasteiger partial charge on any atom is 0.255 e. The molecule has 0 unspecified atom stereocenters. The number of amides is 1. The standard InChI is InChI=1S/C16H19N3O/c1-12-6-3-4-7-13(12)9-11-19-16(20)14-8-5-10-18-15(14)17-2/h3-8,10H,9,11H2,1-2H3,(H,17,18)(H,19,20). The minimum atomic E-state index is -0.101. The van der Waals surface area contributed by atoms with Crippen molar-refractivity contribution in [3.63, 3.8) is 0 Å². The van der Waals surface area contributed by atoms with E-state index in [9.17, 15) is 4.79 Å². The molecule has 0 bridgehead atoms. The van der Waals surface area contributed by atoms with Crippen LogP contribution in [0.5, 0.6) is 0 Å². The number of nitrogens with one attached hydrogen (secondary N) is 2. The van der Waals surface area contributed by atoms with Crippen molar-refractivity contribution in [2.75, 3.05) is 18.9 Å². The Labute approximate surface area is 119 Å². The molecule has 2 aromatic rings. The second-order valence-corrected chi connectivity index (χ2v) is 4.58. The Morgan fingerprint density at radius 1 is 1.20 bits per heavy atom. The van der Waals surface area contributed by atoms with Crippen LogP contribution in [-0.2, 0) is 6.42 Å². The summed E-state index contributed by atoms with van der Waals surface area (Å²) in [4.78, 5) is 16.2. The molecule has 0 saturated carbocycles. The Morgan fingerprint density at radius 3 is 2.75 bits per heavy atom. The summed E-state index contributed by atoms with van der Waals surface area (Å²) in [6, 6.07) is 11.7. The Balaban J connectivity index is 1.94. The van der Waals surface area contributed by atoms with Gasteiger partial charge in [0.05, 0.1) is 5.56 Å². The molecule has 2 rings (SSSR count). The summed E-state index contributed by atoms with van der Waals surface area (Å²) in [5.74, 6) is 0.497. The van der Waals surface area contributed by atoms with Crippen LogP contribution in [0.15, 0.2) is 42.6 Å². The highest BCUT2D eigenvalue weighted by atomic mass is 16.1. The number of carbonyl (C=O) groups excluding carboxylic acids is 1. The van der Waals surface area contributed by atoms with E-state index in [1.165, 1.54) is 11.1 Å². The number of rotatable bonds is 5. The molecular weight excluding hydrogens is 250 g/mol. The smallest absolute Gasteiger partial charge is 0.255 e. The van der Waals surface area contributed by atoms with E-state index >= 15 is 0 Å². The number of aromatic nitrogens is 1. The van der Waals surface area contributed by atoms with Crippen LogP contribution in [-0.4, -0.2) is 24.5 Å². The molecule has 4 nitrogen and oxygen atoms in total. The molecule has 0 aliphatic rings. The Bertz CT molecular complexity index is 596. The number of hydrogen-bond acceptors (Lipinski definition) is 3.